The van der Waals surface area contributed by atoms with E-state index in [0.717, 1.165) is 59.6 Å². The van der Waals surface area contributed by atoms with Crippen molar-refractivity contribution in [3.63, 3.8) is 0 Å². The predicted octanol–water partition coefficient (Wildman–Crippen LogP) is 6.06. The molecule has 4 heterocycles. The smallest absolute Gasteiger partial charge is 0.407 e. The van der Waals surface area contributed by atoms with Crippen molar-refractivity contribution < 1.29 is 29.0 Å². The van der Waals surface area contributed by atoms with Crippen LogP contribution in [0.4, 0.5) is 10.5 Å². The average molecular weight is 713 g/mol. The lowest BCUT2D eigenvalue weighted by atomic mass is 9.97. The molecule has 266 valence electrons. The molecule has 12 nitrogen and oxygen atoms in total. The number of nitrogens with one attached hydrogen (secondary N) is 3. The molecule has 0 aliphatic carbocycles. The number of halogens is 1. The van der Waals surface area contributed by atoms with Crippen LogP contribution in [-0.4, -0.2) is 76.8 Å². The third kappa shape index (κ3) is 8.65. The van der Waals surface area contributed by atoms with Crippen molar-refractivity contribution in [2.45, 2.75) is 57.8 Å². The van der Waals surface area contributed by atoms with E-state index in [1.807, 2.05) is 49.4 Å². The van der Waals surface area contributed by atoms with Crippen molar-refractivity contribution in [2.75, 3.05) is 32.2 Å². The molecule has 0 bridgehead atoms. The minimum atomic E-state index is -1.10. The highest BCUT2D eigenvalue weighted by molar-refractivity contribution is 6.35. The summed E-state index contributed by atoms with van der Waals surface area (Å²) >= 11 is 7.04. The summed E-state index contributed by atoms with van der Waals surface area (Å²) in [5.74, 6) is 0.260. The molecule has 13 heteroatoms. The Bertz CT molecular complexity index is 1900. The predicted molar refractivity (Wildman–Crippen MR) is 194 cm³/mol. The van der Waals surface area contributed by atoms with Crippen LogP contribution in [0.1, 0.15) is 52.9 Å². The first kappa shape index (κ1) is 35.8. The molecule has 51 heavy (non-hydrogen) atoms. The molecular formula is C38H41ClN6O6. The first-order valence-corrected chi connectivity index (χ1v) is 17.3. The number of benzene rings is 2. The lowest BCUT2D eigenvalue weighted by Gasteiger charge is -2.23. The molecule has 2 aromatic heterocycles. The summed E-state index contributed by atoms with van der Waals surface area (Å²) in [6.07, 6.45) is 5.07. The van der Waals surface area contributed by atoms with Gasteiger partial charge >= 0.3 is 6.09 Å². The van der Waals surface area contributed by atoms with E-state index >= 15 is 0 Å². The van der Waals surface area contributed by atoms with Crippen LogP contribution in [0.15, 0.2) is 67.0 Å². The largest absolute Gasteiger partial charge is 0.496 e. The van der Waals surface area contributed by atoms with E-state index in [9.17, 15) is 19.5 Å². The molecule has 0 radical (unpaired) electrons. The number of hydrogen-bond donors (Lipinski definition) is 4. The summed E-state index contributed by atoms with van der Waals surface area (Å²) < 4.78 is 11.2. The van der Waals surface area contributed by atoms with Crippen LogP contribution < -0.4 is 20.7 Å². The Balaban J connectivity index is 1.15. The number of methoxy groups -OCH3 is 1. The number of amides is 3. The fourth-order valence-electron chi connectivity index (χ4n) is 6.46. The number of ether oxygens (including phenoxy) is 2. The van der Waals surface area contributed by atoms with Crippen LogP contribution in [-0.2, 0) is 22.6 Å². The van der Waals surface area contributed by atoms with Gasteiger partial charge in [0.05, 0.1) is 24.4 Å². The minimum absolute atomic E-state index is 0.0754. The number of hydrogen-bond acceptors (Lipinski definition) is 8. The van der Waals surface area contributed by atoms with E-state index < -0.39 is 12.0 Å². The Morgan fingerprint density at radius 2 is 1.90 bits per heavy atom. The van der Waals surface area contributed by atoms with Gasteiger partial charge in [0.2, 0.25) is 5.91 Å². The van der Waals surface area contributed by atoms with Gasteiger partial charge in [-0.2, -0.15) is 0 Å². The highest BCUT2D eigenvalue weighted by atomic mass is 35.5. The Morgan fingerprint density at radius 3 is 2.61 bits per heavy atom. The molecule has 0 unspecified atom stereocenters. The van der Waals surface area contributed by atoms with Gasteiger partial charge in [-0.3, -0.25) is 19.6 Å². The zero-order valence-corrected chi connectivity index (χ0v) is 29.3. The van der Waals surface area contributed by atoms with Crippen molar-refractivity contribution in [3.8, 4) is 28.1 Å². The molecule has 4 N–H and O–H groups in total. The number of aromatic nitrogens is 2. The van der Waals surface area contributed by atoms with Gasteiger partial charge in [0.25, 0.3) is 5.91 Å². The fraction of sp³-hybridized carbons (Fsp3) is 0.342. The first-order valence-electron chi connectivity index (χ1n) is 17.0. The fourth-order valence-corrected chi connectivity index (χ4v) is 6.78. The Labute approximate surface area is 301 Å². The molecule has 4 aromatic rings. The normalized spacial score (nSPS) is 16.1. The first-order chi connectivity index (χ1) is 24.7. The van der Waals surface area contributed by atoms with E-state index in [2.05, 4.69) is 25.9 Å². The van der Waals surface area contributed by atoms with Gasteiger partial charge in [0.15, 0.2) is 0 Å². The second kappa shape index (κ2) is 16.3. The van der Waals surface area contributed by atoms with Crippen molar-refractivity contribution in [1.29, 1.82) is 0 Å². The molecule has 2 aliphatic heterocycles. The second-order valence-corrected chi connectivity index (χ2v) is 13.1. The van der Waals surface area contributed by atoms with E-state index in [1.165, 1.54) is 11.1 Å². The van der Waals surface area contributed by atoms with Crippen LogP contribution in [0.2, 0.25) is 5.02 Å². The van der Waals surface area contributed by atoms with E-state index in [4.69, 9.17) is 21.1 Å². The van der Waals surface area contributed by atoms with Crippen LogP contribution in [0.25, 0.3) is 22.4 Å². The third-order valence-corrected chi connectivity index (χ3v) is 9.73. The van der Waals surface area contributed by atoms with Crippen LogP contribution in [0, 0.1) is 6.92 Å². The maximum Gasteiger partial charge on any atom is 0.407 e. The number of rotatable bonds is 12. The number of carbonyl (C=O) groups excluding carboxylic acids is 2. The van der Waals surface area contributed by atoms with Gasteiger partial charge in [-0.15, -0.1) is 0 Å². The summed E-state index contributed by atoms with van der Waals surface area (Å²) in [6.45, 7) is 4.40. The van der Waals surface area contributed by atoms with Crippen LogP contribution in [0.3, 0.4) is 0 Å². The minimum Gasteiger partial charge on any atom is -0.496 e. The quantitative estimate of drug-likeness (QED) is 0.137. The van der Waals surface area contributed by atoms with Gasteiger partial charge in [-0.1, -0.05) is 41.9 Å². The average Bonchev–Trinajstić information content (AvgIpc) is 3.56. The van der Waals surface area contributed by atoms with Gasteiger partial charge in [0, 0.05) is 79.6 Å². The van der Waals surface area contributed by atoms with Crippen LogP contribution in [0.5, 0.6) is 5.75 Å². The van der Waals surface area contributed by atoms with E-state index in [1.54, 1.807) is 25.4 Å². The number of anilines is 1. The second-order valence-electron chi connectivity index (χ2n) is 12.8. The summed E-state index contributed by atoms with van der Waals surface area (Å²) in [6, 6.07) is 16.9. The van der Waals surface area contributed by atoms with Crippen molar-refractivity contribution in [1.82, 2.24) is 25.5 Å². The van der Waals surface area contributed by atoms with E-state index in [-0.39, 0.29) is 30.7 Å². The SMILES string of the molecule is COc1cc(-c2nccc(-c3cccc(NC(=O)c4ccc(CN(C[C@@H]5CCC(=O)N5)C(=O)O)cn4)c3C)c2Cl)ccc1CNC1CCOCC1. The molecule has 6 rings (SSSR count). The number of nitrogens with zero attached hydrogens (tertiary/aromatic N) is 3. The van der Waals surface area contributed by atoms with Crippen molar-refractivity contribution in [2.24, 2.45) is 0 Å². The molecule has 0 saturated carbocycles. The monoisotopic (exact) mass is 712 g/mol. The molecule has 2 fully saturated rings. The lowest BCUT2D eigenvalue weighted by Crippen LogP contribution is -2.40. The van der Waals surface area contributed by atoms with Gasteiger partial charge in [-0.05, 0) is 67.1 Å². The molecule has 1 atom stereocenters. The third-order valence-electron chi connectivity index (χ3n) is 9.35. The molecule has 0 spiro atoms. The van der Waals surface area contributed by atoms with Crippen LogP contribution >= 0.6 is 11.6 Å². The number of pyridine rings is 2. The van der Waals surface area contributed by atoms with Gasteiger partial charge in [0.1, 0.15) is 11.4 Å². The maximum absolute atomic E-state index is 13.3. The molecular weight excluding hydrogens is 672 g/mol. The number of carboxylic acid groups (broad SMARTS) is 1. The van der Waals surface area contributed by atoms with Crippen molar-refractivity contribution >= 4 is 35.2 Å². The summed E-state index contributed by atoms with van der Waals surface area (Å²) in [5.41, 5.74) is 6.29. The number of carbonyl (C=O) groups is 3. The highest BCUT2D eigenvalue weighted by Crippen LogP contribution is 2.39. The van der Waals surface area contributed by atoms with Crippen molar-refractivity contribution in [3.05, 3.63) is 94.4 Å². The van der Waals surface area contributed by atoms with Gasteiger partial charge < -0.3 is 35.4 Å². The Morgan fingerprint density at radius 1 is 1.08 bits per heavy atom. The maximum atomic E-state index is 13.3. The molecule has 2 saturated heterocycles. The molecule has 3 amide bonds. The summed E-state index contributed by atoms with van der Waals surface area (Å²) in [4.78, 5) is 46.8. The summed E-state index contributed by atoms with van der Waals surface area (Å²) in [5, 5.41) is 19.5. The topological polar surface area (TPSA) is 155 Å². The lowest BCUT2D eigenvalue weighted by molar-refractivity contribution is -0.119. The zero-order valence-electron chi connectivity index (χ0n) is 28.6. The molecule has 2 aromatic carbocycles. The standard InChI is InChI=1S/C38H41ClN6O6/c1-23-29(30-12-15-40-36(35(30)39)25-7-8-26(33(18-25)50-2)20-41-27-13-16-51-17-14-27)4-3-5-31(23)44-37(47)32-10-6-24(19-42-32)21-45(38(48)49)22-28-9-11-34(46)43-28/h3-8,10,12,15,18-19,27-28,41H,9,11,13-14,16-17,20-22H2,1-2H3,(H,43,46)(H,44,47)(H,48,49)/t28-/m0/s1. The molecule has 2 aliphatic rings. The Hall–Kier alpha value is -5.04. The highest BCUT2D eigenvalue weighted by Gasteiger charge is 2.25. The zero-order chi connectivity index (χ0) is 35.9. The summed E-state index contributed by atoms with van der Waals surface area (Å²) in [7, 11) is 1.66. The Kier molecular flexibility index (Phi) is 11.4. The van der Waals surface area contributed by atoms with Gasteiger partial charge in [-0.25, -0.2) is 4.79 Å². The van der Waals surface area contributed by atoms with E-state index in [0.29, 0.717) is 47.4 Å².